The van der Waals surface area contributed by atoms with Crippen molar-refractivity contribution in [1.82, 2.24) is 9.97 Å². The van der Waals surface area contributed by atoms with Crippen molar-refractivity contribution in [1.29, 1.82) is 0 Å². The first-order valence-corrected chi connectivity index (χ1v) is 5.72. The van der Waals surface area contributed by atoms with E-state index in [0.717, 1.165) is 11.7 Å². The fourth-order valence-corrected chi connectivity index (χ4v) is 2.45. The number of nitrogens with one attached hydrogen (secondary N) is 1. The van der Waals surface area contributed by atoms with Gasteiger partial charge in [-0.2, -0.15) is 0 Å². The highest BCUT2D eigenvalue weighted by Crippen LogP contribution is 2.31. The number of nitrogen functional groups attached to an aromatic ring is 1. The standard InChI is InChI=1S/C9H13N3OS/c10-7-4-8(13)12-9(11-7)14-5-6-2-1-3-6/h4,6H,1-3,5H2,(H3,10,11,12,13). The molecule has 2 rings (SSSR count). The Labute approximate surface area is 86.3 Å². The normalized spacial score (nSPS) is 16.6. The summed E-state index contributed by atoms with van der Waals surface area (Å²) in [7, 11) is 0. The monoisotopic (exact) mass is 211 g/mol. The van der Waals surface area contributed by atoms with Gasteiger partial charge in [-0.15, -0.1) is 0 Å². The third kappa shape index (κ3) is 2.29. The molecule has 1 heterocycles. The van der Waals surface area contributed by atoms with Crippen molar-refractivity contribution in [3.05, 3.63) is 16.4 Å². The first kappa shape index (κ1) is 9.58. The minimum atomic E-state index is -0.173. The molecule has 0 unspecified atom stereocenters. The van der Waals surface area contributed by atoms with Gasteiger partial charge in [-0.3, -0.25) is 4.79 Å². The summed E-state index contributed by atoms with van der Waals surface area (Å²) in [5.74, 6) is 2.13. The number of H-pyrrole nitrogens is 1. The van der Waals surface area contributed by atoms with Gasteiger partial charge in [0.1, 0.15) is 5.82 Å². The second-order valence-corrected chi connectivity index (χ2v) is 4.59. The maximum absolute atomic E-state index is 11.1. The molecule has 1 aromatic heterocycles. The number of hydrogen-bond donors (Lipinski definition) is 2. The van der Waals surface area contributed by atoms with E-state index >= 15 is 0 Å². The molecular weight excluding hydrogens is 198 g/mol. The fraction of sp³-hybridized carbons (Fsp3) is 0.556. The Balaban J connectivity index is 1.97. The van der Waals surface area contributed by atoms with E-state index in [4.69, 9.17) is 5.73 Å². The maximum atomic E-state index is 11.1. The Bertz CT molecular complexity index is 373. The second-order valence-electron chi connectivity index (χ2n) is 3.58. The van der Waals surface area contributed by atoms with Gasteiger partial charge in [-0.1, -0.05) is 18.2 Å². The highest BCUT2D eigenvalue weighted by Gasteiger charge is 2.17. The summed E-state index contributed by atoms with van der Waals surface area (Å²) in [6, 6.07) is 1.30. The van der Waals surface area contributed by atoms with Crippen molar-refractivity contribution in [3.63, 3.8) is 0 Å². The highest BCUT2D eigenvalue weighted by atomic mass is 32.2. The Morgan fingerprint density at radius 1 is 1.64 bits per heavy atom. The number of thioether (sulfide) groups is 1. The van der Waals surface area contributed by atoms with Crippen LogP contribution in [-0.4, -0.2) is 15.7 Å². The molecule has 1 aliphatic rings. The summed E-state index contributed by atoms with van der Waals surface area (Å²) in [4.78, 5) is 17.8. The van der Waals surface area contributed by atoms with Gasteiger partial charge in [-0.25, -0.2) is 4.98 Å². The number of nitrogens with two attached hydrogens (primary N) is 1. The summed E-state index contributed by atoms with van der Waals surface area (Å²) < 4.78 is 0. The topological polar surface area (TPSA) is 71.8 Å². The third-order valence-electron chi connectivity index (χ3n) is 2.42. The molecule has 3 N–H and O–H groups in total. The van der Waals surface area contributed by atoms with E-state index in [0.29, 0.717) is 11.0 Å². The smallest absolute Gasteiger partial charge is 0.253 e. The molecule has 0 amide bonds. The molecular formula is C9H13N3OS. The third-order valence-corrected chi connectivity index (χ3v) is 3.53. The van der Waals surface area contributed by atoms with E-state index < -0.39 is 0 Å². The average molecular weight is 211 g/mol. The molecule has 0 radical (unpaired) electrons. The van der Waals surface area contributed by atoms with Crippen LogP contribution in [0.2, 0.25) is 0 Å². The van der Waals surface area contributed by atoms with Crippen LogP contribution in [0.15, 0.2) is 16.0 Å². The van der Waals surface area contributed by atoms with Gasteiger partial charge in [0.25, 0.3) is 5.56 Å². The first-order chi connectivity index (χ1) is 6.74. The van der Waals surface area contributed by atoms with Crippen LogP contribution in [0.5, 0.6) is 0 Å². The molecule has 0 aromatic carbocycles. The van der Waals surface area contributed by atoms with Gasteiger partial charge in [-0.05, 0) is 18.8 Å². The summed E-state index contributed by atoms with van der Waals surface area (Å²) >= 11 is 1.59. The summed E-state index contributed by atoms with van der Waals surface area (Å²) in [6.07, 6.45) is 3.95. The molecule has 0 atom stereocenters. The Morgan fingerprint density at radius 2 is 2.43 bits per heavy atom. The number of hydrogen-bond acceptors (Lipinski definition) is 4. The number of anilines is 1. The largest absolute Gasteiger partial charge is 0.383 e. The van der Waals surface area contributed by atoms with Gasteiger partial charge in [0.15, 0.2) is 5.16 Å². The Kier molecular flexibility index (Phi) is 2.77. The van der Waals surface area contributed by atoms with Crippen molar-refractivity contribution >= 4 is 17.6 Å². The Hall–Kier alpha value is -0.970. The van der Waals surface area contributed by atoms with Crippen LogP contribution in [0.4, 0.5) is 5.82 Å². The zero-order valence-electron chi connectivity index (χ0n) is 7.82. The second kappa shape index (κ2) is 4.04. The van der Waals surface area contributed by atoms with Crippen LogP contribution in [-0.2, 0) is 0 Å². The van der Waals surface area contributed by atoms with Crippen molar-refractivity contribution in [2.45, 2.75) is 24.4 Å². The Morgan fingerprint density at radius 3 is 3.00 bits per heavy atom. The van der Waals surface area contributed by atoms with Gasteiger partial charge < -0.3 is 10.7 Å². The molecule has 0 saturated heterocycles. The number of rotatable bonds is 3. The summed E-state index contributed by atoms with van der Waals surface area (Å²) in [5.41, 5.74) is 5.30. The molecule has 0 aliphatic heterocycles. The minimum Gasteiger partial charge on any atom is -0.383 e. The van der Waals surface area contributed by atoms with Crippen LogP contribution < -0.4 is 11.3 Å². The summed E-state index contributed by atoms with van der Waals surface area (Å²) in [5, 5.41) is 0.641. The molecule has 1 aliphatic carbocycles. The van der Waals surface area contributed by atoms with Crippen LogP contribution >= 0.6 is 11.8 Å². The number of aromatic amines is 1. The van der Waals surface area contributed by atoms with Crippen LogP contribution in [0.1, 0.15) is 19.3 Å². The van der Waals surface area contributed by atoms with Crippen LogP contribution in [0.3, 0.4) is 0 Å². The molecule has 1 aromatic rings. The van der Waals surface area contributed by atoms with E-state index in [1.807, 2.05) is 0 Å². The predicted octanol–water partition coefficient (Wildman–Crippen LogP) is 1.24. The van der Waals surface area contributed by atoms with E-state index in [9.17, 15) is 4.79 Å². The average Bonchev–Trinajstić information content (AvgIpc) is 1.99. The minimum absolute atomic E-state index is 0.173. The molecule has 4 nitrogen and oxygen atoms in total. The van der Waals surface area contributed by atoms with Crippen molar-refractivity contribution < 1.29 is 0 Å². The van der Waals surface area contributed by atoms with Crippen molar-refractivity contribution in [2.75, 3.05) is 11.5 Å². The fourth-order valence-electron chi connectivity index (χ4n) is 1.38. The molecule has 1 saturated carbocycles. The predicted molar refractivity (Wildman–Crippen MR) is 57.3 cm³/mol. The zero-order valence-corrected chi connectivity index (χ0v) is 8.64. The van der Waals surface area contributed by atoms with Gasteiger partial charge >= 0.3 is 0 Å². The molecule has 0 bridgehead atoms. The quantitative estimate of drug-likeness (QED) is 0.583. The molecule has 1 fully saturated rings. The van der Waals surface area contributed by atoms with E-state index in [2.05, 4.69) is 9.97 Å². The van der Waals surface area contributed by atoms with Crippen molar-refractivity contribution in [3.8, 4) is 0 Å². The van der Waals surface area contributed by atoms with Gasteiger partial charge in [0, 0.05) is 11.8 Å². The lowest BCUT2D eigenvalue weighted by molar-refractivity contribution is 0.353. The SMILES string of the molecule is Nc1cc(=O)[nH]c(SCC2CCC2)n1. The highest BCUT2D eigenvalue weighted by molar-refractivity contribution is 7.99. The van der Waals surface area contributed by atoms with E-state index in [-0.39, 0.29) is 5.56 Å². The lowest BCUT2D eigenvalue weighted by Gasteiger charge is -2.24. The van der Waals surface area contributed by atoms with Crippen LogP contribution in [0.25, 0.3) is 0 Å². The number of nitrogens with zero attached hydrogens (tertiary/aromatic N) is 1. The molecule has 0 spiro atoms. The zero-order chi connectivity index (χ0) is 9.97. The van der Waals surface area contributed by atoms with E-state index in [1.165, 1.54) is 25.3 Å². The maximum Gasteiger partial charge on any atom is 0.253 e. The lowest BCUT2D eigenvalue weighted by Crippen LogP contribution is -2.15. The van der Waals surface area contributed by atoms with Crippen molar-refractivity contribution in [2.24, 2.45) is 5.92 Å². The van der Waals surface area contributed by atoms with Crippen LogP contribution in [0, 0.1) is 5.92 Å². The molecule has 76 valence electrons. The number of aromatic nitrogens is 2. The molecule has 14 heavy (non-hydrogen) atoms. The van der Waals surface area contributed by atoms with Gasteiger partial charge in [0.2, 0.25) is 0 Å². The van der Waals surface area contributed by atoms with Gasteiger partial charge in [0.05, 0.1) is 0 Å². The summed E-state index contributed by atoms with van der Waals surface area (Å²) in [6.45, 7) is 0. The molecule has 5 heteroatoms. The lowest BCUT2D eigenvalue weighted by atomic mass is 9.87. The van der Waals surface area contributed by atoms with E-state index in [1.54, 1.807) is 11.8 Å². The first-order valence-electron chi connectivity index (χ1n) is 4.73.